The molecular weight excluding hydrogens is 244 g/mol. The lowest BCUT2D eigenvalue weighted by molar-refractivity contribution is -0.384. The molecule has 0 bridgehead atoms. The summed E-state index contributed by atoms with van der Waals surface area (Å²) >= 11 is 0. The highest BCUT2D eigenvalue weighted by Crippen LogP contribution is 2.12. The molecule has 1 aromatic heterocycles. The van der Waals surface area contributed by atoms with Gasteiger partial charge in [0.2, 0.25) is 0 Å². The van der Waals surface area contributed by atoms with Crippen molar-refractivity contribution in [2.45, 2.75) is 13.3 Å². The third kappa shape index (κ3) is 3.74. The molecule has 0 fully saturated rings. The van der Waals surface area contributed by atoms with E-state index < -0.39 is 4.92 Å². The molecule has 0 radical (unpaired) electrons. The van der Waals surface area contributed by atoms with E-state index in [-0.39, 0.29) is 5.69 Å². The molecular formula is C13H14N4O2. The summed E-state index contributed by atoms with van der Waals surface area (Å²) in [4.78, 5) is 18.4. The molecule has 6 nitrogen and oxygen atoms in total. The normalized spacial score (nSPS) is 10.2. The number of nitro groups is 1. The average Bonchev–Trinajstić information content (AvgIpc) is 2.39. The van der Waals surface area contributed by atoms with Gasteiger partial charge in [0.25, 0.3) is 5.69 Å². The largest absolute Gasteiger partial charge is 0.370 e. The molecule has 0 saturated heterocycles. The first-order valence-corrected chi connectivity index (χ1v) is 5.92. The summed E-state index contributed by atoms with van der Waals surface area (Å²) in [5.41, 5.74) is 1.16. The quantitative estimate of drug-likeness (QED) is 0.657. The van der Waals surface area contributed by atoms with Crippen LogP contribution in [0.1, 0.15) is 11.4 Å². The first-order chi connectivity index (χ1) is 9.15. The van der Waals surface area contributed by atoms with E-state index in [9.17, 15) is 10.1 Å². The Bertz CT molecular complexity index is 569. The average molecular weight is 258 g/mol. The van der Waals surface area contributed by atoms with E-state index in [0.717, 1.165) is 23.6 Å². The van der Waals surface area contributed by atoms with Crippen LogP contribution in [0, 0.1) is 17.0 Å². The monoisotopic (exact) mass is 258 g/mol. The van der Waals surface area contributed by atoms with E-state index in [1.807, 2.05) is 13.0 Å². The third-order valence-electron chi connectivity index (χ3n) is 2.64. The summed E-state index contributed by atoms with van der Waals surface area (Å²) in [7, 11) is 0. The van der Waals surface area contributed by atoms with Crippen LogP contribution in [-0.4, -0.2) is 21.4 Å². The van der Waals surface area contributed by atoms with Gasteiger partial charge in [0.05, 0.1) is 4.92 Å². The minimum absolute atomic E-state index is 0.114. The van der Waals surface area contributed by atoms with E-state index in [0.29, 0.717) is 6.54 Å². The van der Waals surface area contributed by atoms with Crippen LogP contribution < -0.4 is 5.32 Å². The first-order valence-electron chi connectivity index (χ1n) is 5.92. The molecule has 0 atom stereocenters. The molecule has 6 heteroatoms. The fraction of sp³-hybridized carbons (Fsp3) is 0.231. The number of nitrogens with one attached hydrogen (secondary N) is 1. The Morgan fingerprint density at radius 3 is 2.63 bits per heavy atom. The number of hydrogen-bond donors (Lipinski definition) is 1. The molecule has 0 spiro atoms. The minimum Gasteiger partial charge on any atom is -0.370 e. The highest BCUT2D eigenvalue weighted by molar-refractivity contribution is 5.35. The smallest absolute Gasteiger partial charge is 0.269 e. The number of aromatic nitrogens is 2. The number of hydrogen-bond acceptors (Lipinski definition) is 5. The number of nitro benzene ring substituents is 1. The SMILES string of the molecule is Cc1nccc(NCCc2ccc([N+](=O)[O-])cc2)n1. The zero-order chi connectivity index (χ0) is 13.7. The summed E-state index contributed by atoms with van der Waals surface area (Å²) in [6.45, 7) is 2.55. The third-order valence-corrected chi connectivity index (χ3v) is 2.64. The number of benzene rings is 1. The maximum atomic E-state index is 10.5. The summed E-state index contributed by atoms with van der Waals surface area (Å²) in [5, 5.41) is 13.7. The van der Waals surface area contributed by atoms with Crippen molar-refractivity contribution in [3.8, 4) is 0 Å². The van der Waals surface area contributed by atoms with Crippen LogP contribution in [0.15, 0.2) is 36.5 Å². The Hall–Kier alpha value is -2.50. The molecule has 19 heavy (non-hydrogen) atoms. The standard InChI is InChI=1S/C13H14N4O2/c1-10-14-9-7-13(16-10)15-8-6-11-2-4-12(5-3-11)17(18)19/h2-5,7,9H,6,8H2,1H3,(H,14,15,16). The fourth-order valence-corrected chi connectivity index (χ4v) is 1.67. The Kier molecular flexibility index (Phi) is 4.02. The first kappa shape index (κ1) is 12.9. The van der Waals surface area contributed by atoms with Gasteiger partial charge in [-0.05, 0) is 25.0 Å². The Balaban J connectivity index is 1.87. The van der Waals surface area contributed by atoms with E-state index in [4.69, 9.17) is 0 Å². The van der Waals surface area contributed by atoms with Crippen molar-refractivity contribution in [1.29, 1.82) is 0 Å². The van der Waals surface area contributed by atoms with Crippen molar-refractivity contribution in [3.05, 3.63) is 58.0 Å². The van der Waals surface area contributed by atoms with E-state index in [1.54, 1.807) is 18.3 Å². The molecule has 1 heterocycles. The molecule has 1 aromatic carbocycles. The van der Waals surface area contributed by atoms with Crippen molar-refractivity contribution in [2.24, 2.45) is 0 Å². The van der Waals surface area contributed by atoms with Crippen LogP contribution in [0.3, 0.4) is 0 Å². The number of aryl methyl sites for hydroxylation is 1. The van der Waals surface area contributed by atoms with Gasteiger partial charge in [-0.2, -0.15) is 0 Å². The summed E-state index contributed by atoms with van der Waals surface area (Å²) in [6.07, 6.45) is 2.48. The van der Waals surface area contributed by atoms with Gasteiger partial charge in [0, 0.05) is 24.9 Å². The second-order valence-corrected chi connectivity index (χ2v) is 4.09. The van der Waals surface area contributed by atoms with Crippen molar-refractivity contribution < 1.29 is 4.92 Å². The maximum Gasteiger partial charge on any atom is 0.269 e. The molecule has 0 unspecified atom stereocenters. The van der Waals surface area contributed by atoms with Gasteiger partial charge < -0.3 is 5.32 Å². The van der Waals surface area contributed by atoms with E-state index in [1.165, 1.54) is 12.1 Å². The lowest BCUT2D eigenvalue weighted by Crippen LogP contribution is -2.07. The predicted molar refractivity (Wildman–Crippen MR) is 72.1 cm³/mol. The van der Waals surface area contributed by atoms with Gasteiger partial charge in [-0.1, -0.05) is 12.1 Å². The molecule has 98 valence electrons. The number of rotatable bonds is 5. The van der Waals surface area contributed by atoms with Crippen LogP contribution in [0.4, 0.5) is 11.5 Å². The second kappa shape index (κ2) is 5.90. The zero-order valence-electron chi connectivity index (χ0n) is 10.5. The maximum absolute atomic E-state index is 10.5. The number of nitrogens with zero attached hydrogens (tertiary/aromatic N) is 3. The molecule has 2 aromatic rings. The number of non-ortho nitro benzene ring substituents is 1. The Labute approximate surface area is 110 Å². The van der Waals surface area contributed by atoms with Crippen molar-refractivity contribution in [1.82, 2.24) is 9.97 Å². The molecule has 0 amide bonds. The van der Waals surface area contributed by atoms with Gasteiger partial charge in [-0.25, -0.2) is 9.97 Å². The van der Waals surface area contributed by atoms with Crippen LogP contribution in [0.5, 0.6) is 0 Å². The van der Waals surface area contributed by atoms with Gasteiger partial charge in [0.15, 0.2) is 0 Å². The van der Waals surface area contributed by atoms with Gasteiger partial charge in [-0.15, -0.1) is 0 Å². The highest BCUT2D eigenvalue weighted by atomic mass is 16.6. The lowest BCUT2D eigenvalue weighted by Gasteiger charge is -2.05. The molecule has 0 saturated carbocycles. The van der Waals surface area contributed by atoms with Crippen LogP contribution in [0.2, 0.25) is 0 Å². The van der Waals surface area contributed by atoms with Crippen molar-refractivity contribution >= 4 is 11.5 Å². The number of anilines is 1. The van der Waals surface area contributed by atoms with E-state index >= 15 is 0 Å². The van der Waals surface area contributed by atoms with Crippen LogP contribution in [-0.2, 0) is 6.42 Å². The van der Waals surface area contributed by atoms with Gasteiger partial charge in [-0.3, -0.25) is 10.1 Å². The molecule has 0 aliphatic heterocycles. The predicted octanol–water partition coefficient (Wildman–Crippen LogP) is 2.35. The van der Waals surface area contributed by atoms with Gasteiger partial charge >= 0.3 is 0 Å². The van der Waals surface area contributed by atoms with E-state index in [2.05, 4.69) is 15.3 Å². The Morgan fingerprint density at radius 1 is 1.26 bits per heavy atom. The highest BCUT2D eigenvalue weighted by Gasteiger charge is 2.03. The zero-order valence-corrected chi connectivity index (χ0v) is 10.5. The summed E-state index contributed by atoms with van der Waals surface area (Å²) in [5.74, 6) is 1.51. The molecule has 0 aliphatic rings. The Morgan fingerprint density at radius 2 is 2.00 bits per heavy atom. The minimum atomic E-state index is -0.397. The molecule has 1 N–H and O–H groups in total. The topological polar surface area (TPSA) is 81.0 Å². The molecule has 0 aliphatic carbocycles. The van der Waals surface area contributed by atoms with Crippen LogP contribution in [0.25, 0.3) is 0 Å². The van der Waals surface area contributed by atoms with Crippen LogP contribution >= 0.6 is 0 Å². The van der Waals surface area contributed by atoms with Gasteiger partial charge in [0.1, 0.15) is 11.6 Å². The second-order valence-electron chi connectivity index (χ2n) is 4.09. The summed E-state index contributed by atoms with van der Waals surface area (Å²) < 4.78 is 0. The fourth-order valence-electron chi connectivity index (χ4n) is 1.67. The van der Waals surface area contributed by atoms with Crippen molar-refractivity contribution in [3.63, 3.8) is 0 Å². The molecule has 2 rings (SSSR count). The lowest BCUT2D eigenvalue weighted by atomic mass is 10.1. The summed E-state index contributed by atoms with van der Waals surface area (Å²) in [6, 6.07) is 8.38. The van der Waals surface area contributed by atoms with Crippen molar-refractivity contribution in [2.75, 3.05) is 11.9 Å².